The minimum absolute atomic E-state index is 0.414. The molecule has 2 heterocycles. The molecule has 0 aliphatic carbocycles. The van der Waals surface area contributed by atoms with Crippen molar-refractivity contribution in [1.29, 1.82) is 0 Å². The SMILES string of the molecule is COc1ccnc(Cn2nnc(N)c2C)c1OC. The number of nitrogen functional groups attached to an aromatic ring is 1. The molecule has 2 aromatic rings. The number of rotatable bonds is 4. The number of methoxy groups -OCH3 is 2. The first-order chi connectivity index (χ1) is 8.67. The molecular weight excluding hydrogens is 234 g/mol. The van der Waals surface area contributed by atoms with Crippen molar-refractivity contribution in [3.05, 3.63) is 23.7 Å². The van der Waals surface area contributed by atoms with Gasteiger partial charge < -0.3 is 15.2 Å². The number of ether oxygens (including phenoxy) is 2. The minimum atomic E-state index is 0.414. The number of nitrogens with zero attached hydrogens (tertiary/aromatic N) is 4. The number of anilines is 1. The van der Waals surface area contributed by atoms with Crippen LogP contribution in [0.5, 0.6) is 11.5 Å². The third-order valence-electron chi connectivity index (χ3n) is 2.68. The summed E-state index contributed by atoms with van der Waals surface area (Å²) in [4.78, 5) is 4.27. The second-order valence-electron chi connectivity index (χ2n) is 3.71. The number of nitrogens with two attached hydrogens (primary N) is 1. The molecule has 2 N–H and O–H groups in total. The van der Waals surface area contributed by atoms with Gasteiger partial charge in [-0.2, -0.15) is 0 Å². The van der Waals surface area contributed by atoms with Gasteiger partial charge in [0.15, 0.2) is 17.3 Å². The van der Waals surface area contributed by atoms with Gasteiger partial charge in [0.25, 0.3) is 0 Å². The molecule has 0 aliphatic rings. The summed E-state index contributed by atoms with van der Waals surface area (Å²) in [6, 6.07) is 1.74. The summed E-state index contributed by atoms with van der Waals surface area (Å²) in [5.74, 6) is 1.64. The molecular formula is C11H15N5O2. The molecule has 0 radical (unpaired) electrons. The number of hydrogen-bond donors (Lipinski definition) is 1. The van der Waals surface area contributed by atoms with E-state index in [1.54, 1.807) is 31.2 Å². The molecule has 0 aromatic carbocycles. The summed E-state index contributed by atoms with van der Waals surface area (Å²) in [6.07, 6.45) is 1.66. The molecule has 0 unspecified atom stereocenters. The smallest absolute Gasteiger partial charge is 0.184 e. The predicted octanol–water partition coefficient (Wildman–Crippen LogP) is 0.629. The van der Waals surface area contributed by atoms with Gasteiger partial charge in [0.05, 0.1) is 26.5 Å². The first kappa shape index (κ1) is 12.2. The highest BCUT2D eigenvalue weighted by Gasteiger charge is 2.13. The number of aromatic nitrogens is 4. The Bertz CT molecular complexity index is 552. The summed E-state index contributed by atoms with van der Waals surface area (Å²) >= 11 is 0. The maximum absolute atomic E-state index is 5.65. The van der Waals surface area contributed by atoms with E-state index in [0.29, 0.717) is 29.6 Å². The van der Waals surface area contributed by atoms with Crippen molar-refractivity contribution in [2.75, 3.05) is 20.0 Å². The summed E-state index contributed by atoms with van der Waals surface area (Å²) < 4.78 is 12.2. The van der Waals surface area contributed by atoms with Crippen LogP contribution >= 0.6 is 0 Å². The zero-order valence-corrected chi connectivity index (χ0v) is 10.5. The van der Waals surface area contributed by atoms with Gasteiger partial charge in [-0.1, -0.05) is 5.21 Å². The maximum atomic E-state index is 5.65. The fraction of sp³-hybridized carbons (Fsp3) is 0.364. The van der Waals surface area contributed by atoms with Crippen LogP contribution in [0.3, 0.4) is 0 Å². The molecule has 0 atom stereocenters. The largest absolute Gasteiger partial charge is 0.493 e. The Morgan fingerprint density at radius 2 is 2.11 bits per heavy atom. The van der Waals surface area contributed by atoms with Crippen molar-refractivity contribution in [3.8, 4) is 11.5 Å². The molecule has 0 aliphatic heterocycles. The Morgan fingerprint density at radius 3 is 2.67 bits per heavy atom. The van der Waals surface area contributed by atoms with E-state index >= 15 is 0 Å². The van der Waals surface area contributed by atoms with Gasteiger partial charge in [-0.25, -0.2) is 4.68 Å². The van der Waals surface area contributed by atoms with Crippen LogP contribution in [-0.4, -0.2) is 34.2 Å². The van der Waals surface area contributed by atoms with Gasteiger partial charge >= 0.3 is 0 Å². The maximum Gasteiger partial charge on any atom is 0.184 e. The highest BCUT2D eigenvalue weighted by Crippen LogP contribution is 2.29. The van der Waals surface area contributed by atoms with Crippen LogP contribution in [0.4, 0.5) is 5.82 Å². The zero-order chi connectivity index (χ0) is 13.1. The van der Waals surface area contributed by atoms with Gasteiger partial charge in [0, 0.05) is 12.3 Å². The Hall–Kier alpha value is -2.31. The van der Waals surface area contributed by atoms with Crippen molar-refractivity contribution in [1.82, 2.24) is 20.0 Å². The molecule has 2 rings (SSSR count). The first-order valence-corrected chi connectivity index (χ1v) is 5.38. The van der Waals surface area contributed by atoms with Crippen LogP contribution in [0, 0.1) is 6.92 Å². The van der Waals surface area contributed by atoms with Gasteiger partial charge in [0.2, 0.25) is 0 Å². The Kier molecular flexibility index (Phi) is 3.31. The number of pyridine rings is 1. The van der Waals surface area contributed by atoms with Gasteiger partial charge in [-0.15, -0.1) is 5.10 Å². The summed E-state index contributed by atoms with van der Waals surface area (Å²) in [7, 11) is 3.16. The topological polar surface area (TPSA) is 88.1 Å². The number of hydrogen-bond acceptors (Lipinski definition) is 6. The van der Waals surface area contributed by atoms with Crippen molar-refractivity contribution >= 4 is 5.82 Å². The lowest BCUT2D eigenvalue weighted by Crippen LogP contribution is -2.08. The second kappa shape index (κ2) is 4.91. The molecule has 0 bridgehead atoms. The van der Waals surface area contributed by atoms with E-state index in [-0.39, 0.29) is 0 Å². The third kappa shape index (κ3) is 2.06. The van der Waals surface area contributed by atoms with E-state index < -0.39 is 0 Å². The Labute approximate surface area is 105 Å². The van der Waals surface area contributed by atoms with Gasteiger partial charge in [-0.3, -0.25) is 4.98 Å². The summed E-state index contributed by atoms with van der Waals surface area (Å²) in [5.41, 5.74) is 7.16. The van der Waals surface area contributed by atoms with Crippen molar-refractivity contribution < 1.29 is 9.47 Å². The monoisotopic (exact) mass is 249 g/mol. The van der Waals surface area contributed by atoms with E-state index in [4.69, 9.17) is 15.2 Å². The molecule has 0 fully saturated rings. The normalized spacial score (nSPS) is 10.4. The minimum Gasteiger partial charge on any atom is -0.493 e. The average Bonchev–Trinajstić information content (AvgIpc) is 2.70. The van der Waals surface area contributed by atoms with Crippen LogP contribution in [-0.2, 0) is 6.54 Å². The molecule has 0 spiro atoms. The van der Waals surface area contributed by atoms with Crippen LogP contribution in [0.15, 0.2) is 12.3 Å². The van der Waals surface area contributed by atoms with Crippen LogP contribution in [0.25, 0.3) is 0 Å². The van der Waals surface area contributed by atoms with Crippen molar-refractivity contribution in [2.45, 2.75) is 13.5 Å². The lowest BCUT2D eigenvalue weighted by Gasteiger charge is -2.11. The molecule has 96 valence electrons. The average molecular weight is 249 g/mol. The van der Waals surface area contributed by atoms with Crippen LogP contribution < -0.4 is 15.2 Å². The van der Waals surface area contributed by atoms with E-state index in [0.717, 1.165) is 5.69 Å². The molecule has 0 saturated heterocycles. The van der Waals surface area contributed by atoms with Gasteiger partial charge in [0.1, 0.15) is 5.69 Å². The van der Waals surface area contributed by atoms with E-state index in [2.05, 4.69) is 15.3 Å². The fourth-order valence-corrected chi connectivity index (χ4v) is 1.63. The predicted molar refractivity (Wildman–Crippen MR) is 65.6 cm³/mol. The third-order valence-corrected chi connectivity index (χ3v) is 2.68. The second-order valence-corrected chi connectivity index (χ2v) is 3.71. The van der Waals surface area contributed by atoms with Crippen molar-refractivity contribution in [3.63, 3.8) is 0 Å². The van der Waals surface area contributed by atoms with Gasteiger partial charge in [-0.05, 0) is 6.92 Å². The van der Waals surface area contributed by atoms with E-state index in [1.807, 2.05) is 6.92 Å². The molecule has 0 amide bonds. The zero-order valence-electron chi connectivity index (χ0n) is 10.5. The molecule has 2 aromatic heterocycles. The van der Waals surface area contributed by atoms with Crippen LogP contribution in [0.2, 0.25) is 0 Å². The molecule has 0 saturated carbocycles. The lowest BCUT2D eigenvalue weighted by atomic mass is 10.3. The van der Waals surface area contributed by atoms with E-state index in [1.165, 1.54) is 0 Å². The summed E-state index contributed by atoms with van der Waals surface area (Å²) in [5, 5.41) is 7.75. The lowest BCUT2D eigenvalue weighted by molar-refractivity contribution is 0.347. The molecule has 7 heteroatoms. The van der Waals surface area contributed by atoms with Crippen molar-refractivity contribution in [2.24, 2.45) is 0 Å². The highest BCUT2D eigenvalue weighted by atomic mass is 16.5. The van der Waals surface area contributed by atoms with E-state index in [9.17, 15) is 0 Å². The van der Waals surface area contributed by atoms with Crippen LogP contribution in [0.1, 0.15) is 11.4 Å². The standard InChI is InChI=1S/C11H15N5O2/c1-7-11(12)14-15-16(7)6-8-10(18-3)9(17-2)4-5-13-8/h4-5H,6,12H2,1-3H3. The molecule has 7 nitrogen and oxygen atoms in total. The highest BCUT2D eigenvalue weighted by molar-refractivity contribution is 5.43. The fourth-order valence-electron chi connectivity index (χ4n) is 1.63. The Morgan fingerprint density at radius 1 is 1.33 bits per heavy atom. The Balaban J connectivity index is 2.37. The quantitative estimate of drug-likeness (QED) is 0.855. The summed E-state index contributed by atoms with van der Waals surface area (Å²) in [6.45, 7) is 2.28. The molecule has 18 heavy (non-hydrogen) atoms. The first-order valence-electron chi connectivity index (χ1n) is 5.38.